The molecule has 28 heavy (non-hydrogen) atoms. The highest BCUT2D eigenvalue weighted by Gasteiger charge is 2.27. The number of carbonyl (C=O) groups excluding carboxylic acids is 1. The van der Waals surface area contributed by atoms with Gasteiger partial charge in [-0.3, -0.25) is 9.79 Å². The van der Waals surface area contributed by atoms with Crippen LogP contribution in [-0.2, 0) is 13.0 Å². The summed E-state index contributed by atoms with van der Waals surface area (Å²) in [7, 11) is 0. The molecule has 1 amide bonds. The van der Waals surface area contributed by atoms with E-state index in [1.807, 2.05) is 48.5 Å². The number of benzene rings is 3. The maximum atomic E-state index is 13.1. The van der Waals surface area contributed by atoms with E-state index in [9.17, 15) is 4.79 Å². The first kappa shape index (κ1) is 17.8. The quantitative estimate of drug-likeness (QED) is 0.534. The monoisotopic (exact) mass is 371 g/mol. The number of fused-ring (bicyclic) bond motifs is 1. The topological polar surface area (TPSA) is 67.9 Å². The molecule has 0 fully saturated rings. The molecule has 3 aromatic carbocycles. The number of rotatable bonds is 5. The van der Waals surface area contributed by atoms with Crippen LogP contribution in [0.3, 0.4) is 0 Å². The lowest BCUT2D eigenvalue weighted by atomic mass is 10.1. The maximum absolute atomic E-state index is 13.1. The molecular formula is C23H21N3O2. The Morgan fingerprint density at radius 3 is 2.71 bits per heavy atom. The summed E-state index contributed by atoms with van der Waals surface area (Å²) in [6, 6.07) is 20.9. The Morgan fingerprint density at radius 2 is 1.93 bits per heavy atom. The second-order valence-electron chi connectivity index (χ2n) is 6.71. The minimum absolute atomic E-state index is 0.110. The minimum atomic E-state index is -0.110. The lowest BCUT2D eigenvalue weighted by Crippen LogP contribution is -2.29. The predicted molar refractivity (Wildman–Crippen MR) is 113 cm³/mol. The Kier molecular flexibility index (Phi) is 4.81. The molecule has 0 saturated heterocycles. The Labute approximate surface area is 164 Å². The van der Waals surface area contributed by atoms with Crippen LogP contribution in [0, 0.1) is 0 Å². The van der Waals surface area contributed by atoms with Crippen LogP contribution in [0.2, 0.25) is 0 Å². The van der Waals surface area contributed by atoms with Crippen molar-refractivity contribution in [2.45, 2.75) is 13.0 Å². The smallest absolute Gasteiger partial charge is 0.260 e. The summed E-state index contributed by atoms with van der Waals surface area (Å²) in [6.07, 6.45) is 0.816. The number of anilines is 2. The molecule has 1 heterocycles. The first-order valence-electron chi connectivity index (χ1n) is 9.13. The molecule has 1 aliphatic rings. The number of carbonyl (C=O) groups is 1. The fourth-order valence-corrected chi connectivity index (χ4v) is 3.41. The van der Waals surface area contributed by atoms with Gasteiger partial charge in [-0.1, -0.05) is 36.4 Å². The van der Waals surface area contributed by atoms with Gasteiger partial charge in [0.15, 0.2) is 0 Å². The second kappa shape index (κ2) is 7.56. The Balaban J connectivity index is 1.56. The van der Waals surface area contributed by atoms with E-state index < -0.39 is 0 Å². The lowest BCUT2D eigenvalue weighted by Gasteiger charge is -2.19. The van der Waals surface area contributed by atoms with Crippen molar-refractivity contribution in [3.63, 3.8) is 0 Å². The zero-order valence-electron chi connectivity index (χ0n) is 15.5. The number of amides is 1. The van der Waals surface area contributed by atoms with Crippen LogP contribution in [0.5, 0.6) is 5.75 Å². The molecule has 0 aromatic heterocycles. The number of hydrogen-bond donors (Lipinski definition) is 1. The van der Waals surface area contributed by atoms with E-state index in [0.717, 1.165) is 23.2 Å². The average molecular weight is 371 g/mol. The maximum Gasteiger partial charge on any atom is 0.260 e. The molecule has 0 bridgehead atoms. The van der Waals surface area contributed by atoms with Crippen molar-refractivity contribution in [2.75, 3.05) is 17.2 Å². The number of nitrogen functional groups attached to an aromatic ring is 1. The summed E-state index contributed by atoms with van der Waals surface area (Å²) in [5.41, 5.74) is 10.6. The number of hydrogen-bond acceptors (Lipinski definition) is 4. The average Bonchev–Trinajstić information content (AvgIpc) is 3.15. The van der Waals surface area contributed by atoms with Crippen molar-refractivity contribution in [1.82, 2.24) is 0 Å². The highest BCUT2D eigenvalue weighted by molar-refractivity contribution is 6.10. The first-order chi connectivity index (χ1) is 13.7. The highest BCUT2D eigenvalue weighted by atomic mass is 16.5. The van der Waals surface area contributed by atoms with Crippen molar-refractivity contribution in [2.24, 2.45) is 4.99 Å². The van der Waals surface area contributed by atoms with Gasteiger partial charge in [0.25, 0.3) is 5.91 Å². The van der Waals surface area contributed by atoms with E-state index in [2.05, 4.69) is 11.7 Å². The van der Waals surface area contributed by atoms with Crippen LogP contribution in [0.1, 0.15) is 21.5 Å². The zero-order chi connectivity index (χ0) is 19.5. The third-order valence-corrected chi connectivity index (χ3v) is 4.87. The van der Waals surface area contributed by atoms with Gasteiger partial charge >= 0.3 is 0 Å². The Morgan fingerprint density at radius 1 is 1.11 bits per heavy atom. The molecule has 2 N–H and O–H groups in total. The molecule has 0 radical (unpaired) electrons. The molecule has 0 atom stereocenters. The number of nitrogens with zero attached hydrogens (tertiary/aromatic N) is 2. The van der Waals surface area contributed by atoms with Crippen LogP contribution in [0.25, 0.3) is 0 Å². The standard InChI is InChI=1S/C23H21N3O2/c1-25-21-14-19(28-15-16-5-3-2-4-6-16)9-10-20(21)23(27)26-12-11-17-7-8-18(24)13-22(17)26/h2-10,13-14H,1,11-12,15,24H2. The van der Waals surface area contributed by atoms with Crippen LogP contribution >= 0.6 is 0 Å². The molecule has 3 aromatic rings. The zero-order valence-corrected chi connectivity index (χ0v) is 15.5. The second-order valence-corrected chi connectivity index (χ2v) is 6.71. The summed E-state index contributed by atoms with van der Waals surface area (Å²) in [5, 5.41) is 0. The van der Waals surface area contributed by atoms with Crippen LogP contribution in [0.4, 0.5) is 17.1 Å². The SMILES string of the molecule is C=Nc1cc(OCc2ccccc2)ccc1C(=O)N1CCc2ccc(N)cc21. The largest absolute Gasteiger partial charge is 0.489 e. The van der Waals surface area contributed by atoms with E-state index in [0.29, 0.717) is 35.8 Å². The number of aliphatic imine (C=N–C) groups is 1. The Bertz CT molecular complexity index is 1030. The van der Waals surface area contributed by atoms with E-state index in [1.54, 1.807) is 23.1 Å². The normalized spacial score (nSPS) is 12.5. The summed E-state index contributed by atoms with van der Waals surface area (Å²) < 4.78 is 5.84. The molecular weight excluding hydrogens is 350 g/mol. The third kappa shape index (κ3) is 3.47. The third-order valence-electron chi connectivity index (χ3n) is 4.87. The van der Waals surface area contributed by atoms with Gasteiger partial charge in [0, 0.05) is 24.0 Å². The molecule has 0 unspecified atom stereocenters. The fourth-order valence-electron chi connectivity index (χ4n) is 3.41. The van der Waals surface area contributed by atoms with E-state index >= 15 is 0 Å². The summed E-state index contributed by atoms with van der Waals surface area (Å²) in [5.74, 6) is 0.537. The first-order valence-corrected chi connectivity index (χ1v) is 9.13. The molecule has 4 rings (SSSR count). The van der Waals surface area contributed by atoms with Gasteiger partial charge in [-0.25, -0.2) is 0 Å². The van der Waals surface area contributed by atoms with Gasteiger partial charge in [0.2, 0.25) is 0 Å². The molecule has 5 heteroatoms. The molecule has 5 nitrogen and oxygen atoms in total. The molecule has 0 saturated carbocycles. The van der Waals surface area contributed by atoms with Crippen molar-refractivity contribution >= 4 is 29.7 Å². The van der Waals surface area contributed by atoms with E-state index in [1.165, 1.54) is 0 Å². The van der Waals surface area contributed by atoms with Gasteiger partial charge in [-0.2, -0.15) is 0 Å². The Hall–Kier alpha value is -3.60. The van der Waals surface area contributed by atoms with Crippen molar-refractivity contribution in [3.05, 3.63) is 83.4 Å². The molecule has 140 valence electrons. The summed E-state index contributed by atoms with van der Waals surface area (Å²) in [6.45, 7) is 4.70. The van der Waals surface area contributed by atoms with Crippen LogP contribution in [-0.4, -0.2) is 19.2 Å². The van der Waals surface area contributed by atoms with Gasteiger partial charge in [-0.05, 0) is 48.5 Å². The summed E-state index contributed by atoms with van der Waals surface area (Å²) in [4.78, 5) is 18.9. The molecule has 1 aliphatic heterocycles. The van der Waals surface area contributed by atoms with E-state index in [4.69, 9.17) is 10.5 Å². The number of nitrogens with two attached hydrogens (primary N) is 1. The van der Waals surface area contributed by atoms with Crippen molar-refractivity contribution in [3.8, 4) is 5.75 Å². The van der Waals surface area contributed by atoms with Gasteiger partial charge in [0.1, 0.15) is 12.4 Å². The van der Waals surface area contributed by atoms with Gasteiger partial charge in [-0.15, -0.1) is 0 Å². The molecule has 0 spiro atoms. The fraction of sp³-hybridized carbons (Fsp3) is 0.130. The highest BCUT2D eigenvalue weighted by Crippen LogP contribution is 2.34. The lowest BCUT2D eigenvalue weighted by molar-refractivity contribution is 0.0990. The van der Waals surface area contributed by atoms with Gasteiger partial charge < -0.3 is 15.4 Å². The molecule has 0 aliphatic carbocycles. The van der Waals surface area contributed by atoms with E-state index in [-0.39, 0.29) is 5.91 Å². The predicted octanol–water partition coefficient (Wildman–Crippen LogP) is 4.38. The number of ether oxygens (including phenoxy) is 1. The summed E-state index contributed by atoms with van der Waals surface area (Å²) >= 11 is 0. The van der Waals surface area contributed by atoms with Crippen LogP contribution < -0.4 is 15.4 Å². The minimum Gasteiger partial charge on any atom is -0.489 e. The van der Waals surface area contributed by atoms with Crippen LogP contribution in [0.15, 0.2) is 71.7 Å². The van der Waals surface area contributed by atoms with Crippen molar-refractivity contribution < 1.29 is 9.53 Å². The van der Waals surface area contributed by atoms with Crippen molar-refractivity contribution in [1.29, 1.82) is 0 Å². The van der Waals surface area contributed by atoms with Gasteiger partial charge in [0.05, 0.1) is 11.3 Å².